The topological polar surface area (TPSA) is 70.8 Å². The molecule has 0 spiro atoms. The smallest absolute Gasteiger partial charge is 0.338 e. The third kappa shape index (κ3) is 2.70. The van der Waals surface area contributed by atoms with E-state index in [9.17, 15) is 4.79 Å². The van der Waals surface area contributed by atoms with E-state index in [2.05, 4.69) is 4.98 Å². The van der Waals surface area contributed by atoms with Gasteiger partial charge in [0.05, 0.1) is 5.56 Å². The van der Waals surface area contributed by atoms with Crippen molar-refractivity contribution < 1.29 is 23.4 Å². The number of fused-ring (bicyclic) bond motifs is 2. The van der Waals surface area contributed by atoms with Crippen LogP contribution in [0.3, 0.4) is 0 Å². The highest BCUT2D eigenvalue weighted by atomic mass is 16.6. The molecule has 6 heteroatoms. The van der Waals surface area contributed by atoms with Gasteiger partial charge in [0.1, 0.15) is 18.7 Å². The Hall–Kier alpha value is -3.02. The highest BCUT2D eigenvalue weighted by Gasteiger charge is 2.16. The molecule has 0 amide bonds. The summed E-state index contributed by atoms with van der Waals surface area (Å²) in [5.74, 6) is 1.07. The summed E-state index contributed by atoms with van der Waals surface area (Å²) in [6.07, 6.45) is 0. The zero-order valence-corrected chi connectivity index (χ0v) is 12.2. The molecule has 116 valence electrons. The number of aromatic nitrogens is 1. The van der Waals surface area contributed by atoms with Crippen LogP contribution in [-0.4, -0.2) is 24.2 Å². The van der Waals surface area contributed by atoms with Gasteiger partial charge in [0.2, 0.25) is 5.89 Å². The van der Waals surface area contributed by atoms with Crippen molar-refractivity contribution in [3.8, 4) is 11.5 Å². The Bertz CT molecular complexity index is 837. The van der Waals surface area contributed by atoms with Crippen LogP contribution in [0.2, 0.25) is 0 Å². The summed E-state index contributed by atoms with van der Waals surface area (Å²) in [4.78, 5) is 16.4. The minimum Gasteiger partial charge on any atom is -0.486 e. The number of hydrogen-bond donors (Lipinski definition) is 0. The number of hydrogen-bond acceptors (Lipinski definition) is 6. The van der Waals surface area contributed by atoms with Gasteiger partial charge in [-0.25, -0.2) is 9.78 Å². The van der Waals surface area contributed by atoms with Crippen molar-refractivity contribution in [3.05, 3.63) is 53.9 Å². The zero-order chi connectivity index (χ0) is 15.6. The average molecular weight is 311 g/mol. The SMILES string of the molecule is O=C(OCc1nc2ccccc2o1)c1ccc2c(c1)OCCO2. The van der Waals surface area contributed by atoms with E-state index >= 15 is 0 Å². The van der Waals surface area contributed by atoms with Crippen molar-refractivity contribution in [2.24, 2.45) is 0 Å². The Labute approximate surface area is 131 Å². The molecule has 0 saturated heterocycles. The molecule has 0 fully saturated rings. The molecule has 6 nitrogen and oxygen atoms in total. The number of esters is 1. The van der Waals surface area contributed by atoms with Crippen molar-refractivity contribution in [1.29, 1.82) is 0 Å². The zero-order valence-electron chi connectivity index (χ0n) is 12.2. The van der Waals surface area contributed by atoms with Crippen molar-refractivity contribution >= 4 is 17.1 Å². The van der Waals surface area contributed by atoms with Gasteiger partial charge in [0.25, 0.3) is 0 Å². The van der Waals surface area contributed by atoms with Gasteiger partial charge in [-0.1, -0.05) is 12.1 Å². The lowest BCUT2D eigenvalue weighted by molar-refractivity contribution is 0.0439. The molecule has 3 aromatic rings. The van der Waals surface area contributed by atoms with Crippen LogP contribution in [0.5, 0.6) is 11.5 Å². The van der Waals surface area contributed by atoms with Gasteiger partial charge in [-0.15, -0.1) is 0 Å². The summed E-state index contributed by atoms with van der Waals surface area (Å²) in [5.41, 5.74) is 1.79. The molecule has 0 radical (unpaired) electrons. The molecule has 1 aromatic heterocycles. The Morgan fingerprint density at radius 2 is 1.91 bits per heavy atom. The molecule has 1 aliphatic rings. The lowest BCUT2D eigenvalue weighted by Crippen LogP contribution is -2.16. The maximum atomic E-state index is 12.1. The summed E-state index contributed by atoms with van der Waals surface area (Å²) in [6.45, 7) is 0.949. The first-order valence-corrected chi connectivity index (χ1v) is 7.21. The average Bonchev–Trinajstić information content (AvgIpc) is 3.02. The van der Waals surface area contributed by atoms with Crippen LogP contribution in [0.4, 0.5) is 0 Å². The summed E-state index contributed by atoms with van der Waals surface area (Å²) in [7, 11) is 0. The molecule has 1 aliphatic heterocycles. The minimum absolute atomic E-state index is 0.0258. The Morgan fingerprint density at radius 1 is 1.09 bits per heavy atom. The molecule has 2 aromatic carbocycles. The summed E-state index contributed by atoms with van der Waals surface area (Å²) in [5, 5.41) is 0. The van der Waals surface area contributed by atoms with E-state index < -0.39 is 5.97 Å². The van der Waals surface area contributed by atoms with Crippen LogP contribution in [0, 0.1) is 0 Å². The van der Waals surface area contributed by atoms with Crippen LogP contribution in [0.1, 0.15) is 16.2 Å². The Balaban J connectivity index is 1.47. The van der Waals surface area contributed by atoms with Gasteiger partial charge in [0, 0.05) is 0 Å². The normalized spacial score (nSPS) is 13.0. The van der Waals surface area contributed by atoms with Gasteiger partial charge in [0.15, 0.2) is 23.7 Å². The summed E-state index contributed by atoms with van der Waals surface area (Å²) < 4.78 is 21.6. The Morgan fingerprint density at radius 3 is 2.78 bits per heavy atom. The maximum Gasteiger partial charge on any atom is 0.338 e. The molecular formula is C17H13NO5. The highest BCUT2D eigenvalue weighted by Crippen LogP contribution is 2.31. The van der Waals surface area contributed by atoms with Gasteiger partial charge in [-0.2, -0.15) is 0 Å². The van der Waals surface area contributed by atoms with Crippen molar-refractivity contribution in [2.75, 3.05) is 13.2 Å². The van der Waals surface area contributed by atoms with Gasteiger partial charge in [-0.3, -0.25) is 0 Å². The molecule has 4 rings (SSSR count). The number of carbonyl (C=O) groups excluding carboxylic acids is 1. The second kappa shape index (κ2) is 5.64. The number of para-hydroxylation sites is 2. The van der Waals surface area contributed by atoms with Crippen LogP contribution >= 0.6 is 0 Å². The largest absolute Gasteiger partial charge is 0.486 e. The first kappa shape index (κ1) is 13.6. The Kier molecular flexibility index (Phi) is 3.34. The third-order valence-corrected chi connectivity index (χ3v) is 3.44. The van der Waals surface area contributed by atoms with E-state index in [0.717, 1.165) is 5.52 Å². The molecule has 2 heterocycles. The molecule has 23 heavy (non-hydrogen) atoms. The number of oxazole rings is 1. The van der Waals surface area contributed by atoms with Crippen LogP contribution in [0.25, 0.3) is 11.1 Å². The second-order valence-corrected chi connectivity index (χ2v) is 5.01. The van der Waals surface area contributed by atoms with E-state index in [4.69, 9.17) is 18.6 Å². The fourth-order valence-corrected chi connectivity index (χ4v) is 2.36. The lowest BCUT2D eigenvalue weighted by Gasteiger charge is -2.18. The van der Waals surface area contributed by atoms with E-state index in [1.807, 2.05) is 24.3 Å². The van der Waals surface area contributed by atoms with Gasteiger partial charge < -0.3 is 18.6 Å². The number of nitrogens with zero attached hydrogens (tertiary/aromatic N) is 1. The second-order valence-electron chi connectivity index (χ2n) is 5.01. The maximum absolute atomic E-state index is 12.1. The van der Waals surface area contributed by atoms with E-state index in [0.29, 0.717) is 41.7 Å². The highest BCUT2D eigenvalue weighted by molar-refractivity contribution is 5.90. The fourth-order valence-electron chi connectivity index (χ4n) is 2.36. The molecule has 0 N–H and O–H groups in total. The van der Waals surface area contributed by atoms with Crippen LogP contribution < -0.4 is 9.47 Å². The third-order valence-electron chi connectivity index (χ3n) is 3.44. The quantitative estimate of drug-likeness (QED) is 0.693. The molecular weight excluding hydrogens is 298 g/mol. The molecule has 0 saturated carbocycles. The number of benzene rings is 2. The minimum atomic E-state index is -0.468. The summed E-state index contributed by atoms with van der Waals surface area (Å²) in [6, 6.07) is 12.3. The van der Waals surface area contributed by atoms with Gasteiger partial charge >= 0.3 is 5.97 Å². The monoisotopic (exact) mass is 311 g/mol. The van der Waals surface area contributed by atoms with Gasteiger partial charge in [-0.05, 0) is 30.3 Å². The number of ether oxygens (including phenoxy) is 3. The van der Waals surface area contributed by atoms with Crippen LogP contribution in [0.15, 0.2) is 46.9 Å². The standard InChI is InChI=1S/C17H13NO5/c19-17(11-5-6-14-15(9-11)21-8-7-20-14)22-10-16-18-12-3-1-2-4-13(12)23-16/h1-6,9H,7-8,10H2. The van der Waals surface area contributed by atoms with Crippen molar-refractivity contribution in [3.63, 3.8) is 0 Å². The van der Waals surface area contributed by atoms with E-state index in [-0.39, 0.29) is 6.61 Å². The molecule has 0 bridgehead atoms. The van der Waals surface area contributed by atoms with E-state index in [1.54, 1.807) is 18.2 Å². The first-order valence-electron chi connectivity index (χ1n) is 7.21. The lowest BCUT2D eigenvalue weighted by atomic mass is 10.2. The molecule has 0 aliphatic carbocycles. The van der Waals surface area contributed by atoms with Crippen molar-refractivity contribution in [2.45, 2.75) is 6.61 Å². The predicted molar refractivity (Wildman–Crippen MR) is 80.6 cm³/mol. The van der Waals surface area contributed by atoms with Crippen molar-refractivity contribution in [1.82, 2.24) is 4.98 Å². The summed E-state index contributed by atoms with van der Waals surface area (Å²) >= 11 is 0. The van der Waals surface area contributed by atoms with Crippen LogP contribution in [-0.2, 0) is 11.3 Å². The fraction of sp³-hybridized carbons (Fsp3) is 0.176. The molecule has 0 atom stereocenters. The first-order chi connectivity index (χ1) is 11.3. The predicted octanol–water partition coefficient (Wildman–Crippen LogP) is 2.96. The number of rotatable bonds is 3. The molecule has 0 unspecified atom stereocenters. The number of carbonyl (C=O) groups is 1. The van der Waals surface area contributed by atoms with E-state index in [1.165, 1.54) is 0 Å².